The van der Waals surface area contributed by atoms with E-state index in [1.54, 1.807) is 12.1 Å². The van der Waals surface area contributed by atoms with E-state index in [2.05, 4.69) is 11.9 Å². The normalized spacial score (nSPS) is 13.7. The third-order valence-corrected chi connectivity index (χ3v) is 5.00. The van der Waals surface area contributed by atoms with Crippen molar-refractivity contribution in [2.45, 2.75) is 31.1 Å². The van der Waals surface area contributed by atoms with Crippen molar-refractivity contribution in [2.75, 3.05) is 12.8 Å². The average Bonchev–Trinajstić information content (AvgIpc) is 2.72. The summed E-state index contributed by atoms with van der Waals surface area (Å²) in [5.74, 6) is 1.56. The minimum atomic E-state index is -3.19. The Morgan fingerprint density at radius 3 is 2.67 bits per heavy atom. The number of imidazole rings is 1. The van der Waals surface area contributed by atoms with Crippen molar-refractivity contribution in [3.8, 4) is 0 Å². The first-order chi connectivity index (χ1) is 9.82. The zero-order chi connectivity index (χ0) is 15.6. The van der Waals surface area contributed by atoms with E-state index in [1.807, 2.05) is 17.7 Å². The van der Waals surface area contributed by atoms with E-state index in [0.29, 0.717) is 17.4 Å². The number of rotatable bonds is 6. The van der Waals surface area contributed by atoms with E-state index in [-0.39, 0.29) is 0 Å². The van der Waals surface area contributed by atoms with Crippen molar-refractivity contribution in [3.63, 3.8) is 0 Å². The number of aryl methyl sites for hydroxylation is 2. The number of benzene rings is 1. The highest BCUT2D eigenvalue weighted by Gasteiger charge is 2.13. The SMILES string of the molecule is CC(CCN)CCc1nc2cc(S(C)(=O)=O)ccc2n1C. The summed E-state index contributed by atoms with van der Waals surface area (Å²) in [5, 5.41) is 0. The summed E-state index contributed by atoms with van der Waals surface area (Å²) in [4.78, 5) is 4.90. The van der Waals surface area contributed by atoms with Gasteiger partial charge in [0.15, 0.2) is 9.84 Å². The first kappa shape index (κ1) is 16.0. The molecule has 0 aliphatic heterocycles. The topological polar surface area (TPSA) is 78.0 Å². The van der Waals surface area contributed by atoms with E-state index in [0.717, 1.165) is 36.1 Å². The maximum atomic E-state index is 11.6. The van der Waals surface area contributed by atoms with Gasteiger partial charge in [-0.15, -0.1) is 0 Å². The molecule has 0 aliphatic carbocycles. The number of nitrogens with two attached hydrogens (primary N) is 1. The molecule has 0 fully saturated rings. The first-order valence-corrected chi connectivity index (χ1v) is 9.07. The Morgan fingerprint density at radius 2 is 2.05 bits per heavy atom. The van der Waals surface area contributed by atoms with Gasteiger partial charge in [0.25, 0.3) is 0 Å². The molecule has 1 unspecified atom stereocenters. The highest BCUT2D eigenvalue weighted by atomic mass is 32.2. The second-order valence-electron chi connectivity index (χ2n) is 5.73. The number of hydrogen-bond donors (Lipinski definition) is 1. The van der Waals surface area contributed by atoms with Crippen LogP contribution >= 0.6 is 0 Å². The van der Waals surface area contributed by atoms with Crippen LogP contribution in [0.25, 0.3) is 11.0 Å². The summed E-state index contributed by atoms with van der Waals surface area (Å²) in [5.41, 5.74) is 7.27. The van der Waals surface area contributed by atoms with Crippen molar-refractivity contribution in [2.24, 2.45) is 18.7 Å². The van der Waals surface area contributed by atoms with Gasteiger partial charge in [-0.25, -0.2) is 13.4 Å². The number of hydrogen-bond acceptors (Lipinski definition) is 4. The second-order valence-corrected chi connectivity index (χ2v) is 7.75. The van der Waals surface area contributed by atoms with E-state index >= 15 is 0 Å². The molecule has 0 amide bonds. The van der Waals surface area contributed by atoms with E-state index in [1.165, 1.54) is 6.26 Å². The number of nitrogens with zero attached hydrogens (tertiary/aromatic N) is 2. The molecule has 0 bridgehead atoms. The predicted molar refractivity (Wildman–Crippen MR) is 85.0 cm³/mol. The van der Waals surface area contributed by atoms with Crippen LogP contribution in [0.1, 0.15) is 25.6 Å². The molecular formula is C15H23N3O2S. The molecule has 1 aromatic heterocycles. The summed E-state index contributed by atoms with van der Waals surface area (Å²) in [7, 11) is -1.22. The fraction of sp³-hybridized carbons (Fsp3) is 0.533. The van der Waals surface area contributed by atoms with Gasteiger partial charge in [-0.1, -0.05) is 6.92 Å². The molecule has 1 heterocycles. The summed E-state index contributed by atoms with van der Waals surface area (Å²) in [6.45, 7) is 2.90. The van der Waals surface area contributed by atoms with Crippen LogP contribution in [0.2, 0.25) is 0 Å². The lowest BCUT2D eigenvalue weighted by Crippen LogP contribution is -2.08. The van der Waals surface area contributed by atoms with Crippen LogP contribution in [0, 0.1) is 5.92 Å². The van der Waals surface area contributed by atoms with Gasteiger partial charge in [-0.2, -0.15) is 0 Å². The molecule has 0 saturated heterocycles. The van der Waals surface area contributed by atoms with E-state index in [9.17, 15) is 8.42 Å². The van der Waals surface area contributed by atoms with Gasteiger partial charge in [0.2, 0.25) is 0 Å². The van der Waals surface area contributed by atoms with Crippen LogP contribution in [0.15, 0.2) is 23.1 Å². The van der Waals surface area contributed by atoms with Gasteiger partial charge in [0, 0.05) is 19.7 Å². The zero-order valence-corrected chi connectivity index (χ0v) is 13.7. The molecule has 116 valence electrons. The standard InChI is InChI=1S/C15H23N3O2S/c1-11(8-9-16)4-7-15-17-13-10-12(21(3,19)20)5-6-14(13)18(15)2/h5-6,10-11H,4,7-9,16H2,1-3H3. The molecule has 2 N–H and O–H groups in total. The van der Waals surface area contributed by atoms with Crippen LogP contribution in [0.4, 0.5) is 0 Å². The van der Waals surface area contributed by atoms with Crippen molar-refractivity contribution in [1.82, 2.24) is 9.55 Å². The van der Waals surface area contributed by atoms with Gasteiger partial charge in [-0.05, 0) is 43.5 Å². The Bertz CT molecular complexity index is 735. The fourth-order valence-corrected chi connectivity index (χ4v) is 3.13. The van der Waals surface area contributed by atoms with Crippen LogP contribution in [-0.2, 0) is 23.3 Å². The van der Waals surface area contributed by atoms with Gasteiger partial charge in [-0.3, -0.25) is 0 Å². The zero-order valence-electron chi connectivity index (χ0n) is 12.8. The molecule has 1 atom stereocenters. The van der Waals surface area contributed by atoms with E-state index < -0.39 is 9.84 Å². The van der Waals surface area contributed by atoms with Gasteiger partial charge >= 0.3 is 0 Å². The maximum absolute atomic E-state index is 11.6. The fourth-order valence-electron chi connectivity index (χ4n) is 2.49. The Kier molecular flexibility index (Phi) is 4.68. The van der Waals surface area contributed by atoms with E-state index in [4.69, 9.17) is 5.73 Å². The highest BCUT2D eigenvalue weighted by molar-refractivity contribution is 7.90. The summed E-state index contributed by atoms with van der Waals surface area (Å²) >= 11 is 0. The van der Waals surface area contributed by atoms with Crippen molar-refractivity contribution in [1.29, 1.82) is 0 Å². The lowest BCUT2D eigenvalue weighted by Gasteiger charge is -2.09. The molecule has 6 heteroatoms. The maximum Gasteiger partial charge on any atom is 0.175 e. The second kappa shape index (κ2) is 6.15. The molecule has 0 radical (unpaired) electrons. The summed E-state index contributed by atoms with van der Waals surface area (Å²) < 4.78 is 25.3. The Morgan fingerprint density at radius 1 is 1.33 bits per heavy atom. The third-order valence-electron chi connectivity index (χ3n) is 3.89. The largest absolute Gasteiger partial charge is 0.331 e. The summed E-state index contributed by atoms with van der Waals surface area (Å²) in [6.07, 6.45) is 4.14. The quantitative estimate of drug-likeness (QED) is 0.884. The van der Waals surface area contributed by atoms with Gasteiger partial charge < -0.3 is 10.3 Å². The van der Waals surface area contributed by atoms with Crippen molar-refractivity contribution >= 4 is 20.9 Å². The third kappa shape index (κ3) is 3.63. The van der Waals surface area contributed by atoms with Crippen molar-refractivity contribution < 1.29 is 8.42 Å². The molecule has 21 heavy (non-hydrogen) atoms. The molecule has 2 aromatic rings. The van der Waals surface area contributed by atoms with Crippen LogP contribution < -0.4 is 5.73 Å². The molecule has 0 saturated carbocycles. The predicted octanol–water partition coefficient (Wildman–Crippen LogP) is 1.89. The van der Waals surface area contributed by atoms with Crippen LogP contribution in [0.3, 0.4) is 0 Å². The first-order valence-electron chi connectivity index (χ1n) is 7.18. The minimum absolute atomic E-state index is 0.316. The van der Waals surface area contributed by atoms with Crippen LogP contribution in [0.5, 0.6) is 0 Å². The molecule has 2 rings (SSSR count). The molecule has 5 nitrogen and oxygen atoms in total. The molecule has 1 aromatic carbocycles. The van der Waals surface area contributed by atoms with Gasteiger partial charge in [0.1, 0.15) is 5.82 Å². The summed E-state index contributed by atoms with van der Waals surface area (Å²) in [6, 6.07) is 5.11. The Balaban J connectivity index is 2.28. The smallest absolute Gasteiger partial charge is 0.175 e. The molecular weight excluding hydrogens is 286 g/mol. The lowest BCUT2D eigenvalue weighted by atomic mass is 10.0. The number of sulfone groups is 1. The van der Waals surface area contributed by atoms with Crippen LogP contribution in [-0.4, -0.2) is 30.8 Å². The Hall–Kier alpha value is -1.40. The minimum Gasteiger partial charge on any atom is -0.331 e. The molecule has 0 aliphatic rings. The number of fused-ring (bicyclic) bond motifs is 1. The van der Waals surface area contributed by atoms with Gasteiger partial charge in [0.05, 0.1) is 15.9 Å². The monoisotopic (exact) mass is 309 g/mol. The Labute approximate surface area is 126 Å². The average molecular weight is 309 g/mol. The number of aromatic nitrogens is 2. The molecule has 0 spiro atoms. The van der Waals surface area contributed by atoms with Crippen molar-refractivity contribution in [3.05, 3.63) is 24.0 Å². The highest BCUT2D eigenvalue weighted by Crippen LogP contribution is 2.21. The lowest BCUT2D eigenvalue weighted by molar-refractivity contribution is 0.490.